The number of hydrogen-bond donors (Lipinski definition) is 4. The lowest BCUT2D eigenvalue weighted by Gasteiger charge is -2.09. The molecule has 0 aliphatic carbocycles. The van der Waals surface area contributed by atoms with Gasteiger partial charge in [0.1, 0.15) is 11.4 Å². The molecule has 0 fully saturated rings. The van der Waals surface area contributed by atoms with Crippen molar-refractivity contribution in [3.05, 3.63) is 56.4 Å². The molecule has 0 atom stereocenters. The second-order valence-corrected chi connectivity index (χ2v) is 4.96. The molecule has 128 valence electrons. The number of rotatable bonds is 4. The fourth-order valence-electron chi connectivity index (χ4n) is 1.91. The molecule has 0 bridgehead atoms. The molecule has 0 aliphatic heterocycles. The Morgan fingerprint density at radius 3 is 2.33 bits per heavy atom. The third kappa shape index (κ3) is 4.48. The smallest absolute Gasteiger partial charge is 0.389 e. The number of hydrogen-bond acceptors (Lipinski definition) is 4. The molecule has 0 radical (unpaired) electrons. The SMILES string of the molecule is Nc1c(C(=O)Nc2ccc(CCC(F)(F)F)cc2)[nH]c(=O)[nH]c1=O. The summed E-state index contributed by atoms with van der Waals surface area (Å²) in [7, 11) is 0. The van der Waals surface area contributed by atoms with Gasteiger partial charge in [-0.2, -0.15) is 13.2 Å². The summed E-state index contributed by atoms with van der Waals surface area (Å²) in [5, 5.41) is 2.39. The van der Waals surface area contributed by atoms with E-state index in [9.17, 15) is 27.6 Å². The van der Waals surface area contributed by atoms with Crippen LogP contribution in [0.5, 0.6) is 0 Å². The van der Waals surface area contributed by atoms with Crippen molar-refractivity contribution < 1.29 is 18.0 Å². The Morgan fingerprint density at radius 1 is 1.12 bits per heavy atom. The van der Waals surface area contributed by atoms with Gasteiger partial charge < -0.3 is 16.0 Å². The van der Waals surface area contributed by atoms with Crippen LogP contribution in [0.3, 0.4) is 0 Å². The minimum atomic E-state index is -4.24. The third-order valence-electron chi connectivity index (χ3n) is 3.12. The molecule has 0 aliphatic rings. The lowest BCUT2D eigenvalue weighted by molar-refractivity contribution is -0.133. The number of amides is 1. The summed E-state index contributed by atoms with van der Waals surface area (Å²) in [6.45, 7) is 0. The van der Waals surface area contributed by atoms with Crippen molar-refractivity contribution in [1.29, 1.82) is 0 Å². The van der Waals surface area contributed by atoms with Gasteiger partial charge in [0.15, 0.2) is 0 Å². The normalized spacial score (nSPS) is 11.3. The largest absolute Gasteiger partial charge is 0.392 e. The van der Waals surface area contributed by atoms with Crippen LogP contribution in [0.4, 0.5) is 24.5 Å². The molecule has 1 aromatic carbocycles. The molecule has 5 N–H and O–H groups in total. The van der Waals surface area contributed by atoms with E-state index < -0.39 is 41.1 Å². The van der Waals surface area contributed by atoms with E-state index in [1.54, 1.807) is 0 Å². The minimum Gasteiger partial charge on any atom is -0.392 e. The molecule has 1 aromatic heterocycles. The first-order chi connectivity index (χ1) is 11.2. The van der Waals surface area contributed by atoms with E-state index in [4.69, 9.17) is 5.73 Å². The first-order valence-electron chi connectivity index (χ1n) is 6.75. The van der Waals surface area contributed by atoms with Gasteiger partial charge in [0.05, 0.1) is 0 Å². The summed E-state index contributed by atoms with van der Waals surface area (Å²) in [6, 6.07) is 5.69. The van der Waals surface area contributed by atoms with Crippen LogP contribution < -0.4 is 22.3 Å². The Kier molecular flexibility index (Phi) is 4.77. The van der Waals surface area contributed by atoms with Crippen molar-refractivity contribution in [2.75, 3.05) is 11.1 Å². The average Bonchev–Trinajstić information content (AvgIpc) is 2.49. The number of carbonyl (C=O) groups excluding carboxylic acids is 1. The summed E-state index contributed by atoms with van der Waals surface area (Å²) in [5.74, 6) is -0.821. The van der Waals surface area contributed by atoms with Crippen molar-refractivity contribution in [3.8, 4) is 0 Å². The summed E-state index contributed by atoms with van der Waals surface area (Å²) in [4.78, 5) is 38.5. The zero-order valence-electron chi connectivity index (χ0n) is 12.2. The Balaban J connectivity index is 2.10. The van der Waals surface area contributed by atoms with Crippen molar-refractivity contribution >= 4 is 17.3 Å². The van der Waals surface area contributed by atoms with Gasteiger partial charge in [-0.05, 0) is 24.1 Å². The summed E-state index contributed by atoms with van der Waals surface area (Å²) >= 11 is 0. The zero-order valence-corrected chi connectivity index (χ0v) is 12.2. The van der Waals surface area contributed by atoms with E-state index in [1.807, 2.05) is 4.98 Å². The predicted octanol–water partition coefficient (Wildman–Crippen LogP) is 1.39. The van der Waals surface area contributed by atoms with Crippen LogP contribution in [0.15, 0.2) is 33.9 Å². The van der Waals surface area contributed by atoms with E-state index in [1.165, 1.54) is 24.3 Å². The molecule has 0 saturated heterocycles. The third-order valence-corrected chi connectivity index (χ3v) is 3.12. The lowest BCUT2D eigenvalue weighted by atomic mass is 10.1. The molecule has 2 rings (SSSR count). The maximum atomic E-state index is 12.2. The number of benzene rings is 1. The van der Waals surface area contributed by atoms with Gasteiger partial charge >= 0.3 is 11.9 Å². The Bertz CT molecular complexity index is 853. The number of aromatic amines is 2. The molecule has 0 saturated carbocycles. The molecule has 7 nitrogen and oxygen atoms in total. The van der Waals surface area contributed by atoms with Gasteiger partial charge in [-0.1, -0.05) is 12.1 Å². The molecule has 24 heavy (non-hydrogen) atoms. The number of alkyl halides is 3. The van der Waals surface area contributed by atoms with Crippen molar-refractivity contribution in [3.63, 3.8) is 0 Å². The van der Waals surface area contributed by atoms with E-state index in [-0.39, 0.29) is 12.1 Å². The molecule has 0 spiro atoms. The molecule has 0 unspecified atom stereocenters. The maximum Gasteiger partial charge on any atom is 0.389 e. The van der Waals surface area contributed by atoms with Crippen LogP contribution in [-0.4, -0.2) is 22.1 Å². The predicted molar refractivity (Wildman–Crippen MR) is 80.9 cm³/mol. The van der Waals surface area contributed by atoms with Crippen LogP contribution in [-0.2, 0) is 6.42 Å². The number of halogens is 3. The fourth-order valence-corrected chi connectivity index (χ4v) is 1.91. The quantitative estimate of drug-likeness (QED) is 0.671. The number of aryl methyl sites for hydroxylation is 1. The highest BCUT2D eigenvalue weighted by Crippen LogP contribution is 2.22. The molecule has 2 aromatic rings. The first-order valence-corrected chi connectivity index (χ1v) is 6.75. The Hall–Kier alpha value is -3.04. The zero-order chi connectivity index (χ0) is 17.9. The lowest BCUT2D eigenvalue weighted by Crippen LogP contribution is -2.30. The summed E-state index contributed by atoms with van der Waals surface area (Å²) in [5.41, 5.74) is 3.52. The second kappa shape index (κ2) is 6.60. The van der Waals surface area contributed by atoms with Gasteiger partial charge in [-0.15, -0.1) is 0 Å². The molecule has 1 heterocycles. The van der Waals surface area contributed by atoms with E-state index in [0.29, 0.717) is 5.56 Å². The Morgan fingerprint density at radius 2 is 1.75 bits per heavy atom. The van der Waals surface area contributed by atoms with Gasteiger partial charge in [-0.3, -0.25) is 14.6 Å². The molecular formula is C14H13F3N4O3. The van der Waals surface area contributed by atoms with Gasteiger partial charge in [0, 0.05) is 12.1 Å². The monoisotopic (exact) mass is 342 g/mol. The number of nitrogens with one attached hydrogen (secondary N) is 3. The molecule has 1 amide bonds. The van der Waals surface area contributed by atoms with Gasteiger partial charge in [0.2, 0.25) is 0 Å². The molecule has 10 heteroatoms. The van der Waals surface area contributed by atoms with E-state index >= 15 is 0 Å². The number of nitrogens with two attached hydrogens (primary N) is 1. The van der Waals surface area contributed by atoms with Gasteiger partial charge in [0.25, 0.3) is 11.5 Å². The highest BCUT2D eigenvalue weighted by Gasteiger charge is 2.26. The second-order valence-electron chi connectivity index (χ2n) is 4.96. The highest BCUT2D eigenvalue weighted by molar-refractivity contribution is 6.05. The fraction of sp³-hybridized carbons (Fsp3) is 0.214. The van der Waals surface area contributed by atoms with Crippen molar-refractivity contribution in [1.82, 2.24) is 9.97 Å². The van der Waals surface area contributed by atoms with Crippen molar-refractivity contribution in [2.24, 2.45) is 0 Å². The topological polar surface area (TPSA) is 121 Å². The number of H-pyrrole nitrogens is 2. The summed E-state index contributed by atoms with van der Waals surface area (Å²) in [6.07, 6.45) is -5.36. The highest BCUT2D eigenvalue weighted by atomic mass is 19.4. The van der Waals surface area contributed by atoms with Crippen molar-refractivity contribution in [2.45, 2.75) is 19.0 Å². The van der Waals surface area contributed by atoms with Crippen LogP contribution in [0.25, 0.3) is 0 Å². The van der Waals surface area contributed by atoms with Crippen LogP contribution >= 0.6 is 0 Å². The van der Waals surface area contributed by atoms with Crippen LogP contribution in [0.2, 0.25) is 0 Å². The number of nitrogen functional groups attached to an aromatic ring is 1. The molecular weight excluding hydrogens is 329 g/mol. The van der Waals surface area contributed by atoms with Crippen LogP contribution in [0, 0.1) is 0 Å². The number of anilines is 2. The average molecular weight is 342 g/mol. The minimum absolute atomic E-state index is 0.175. The van der Waals surface area contributed by atoms with Crippen LogP contribution in [0.1, 0.15) is 22.5 Å². The number of aromatic nitrogens is 2. The standard InChI is InChI=1S/C14H13F3N4O3/c15-14(16,17)6-5-7-1-3-8(4-2-7)19-12(23)10-9(18)11(22)21-13(24)20-10/h1-4H,5-6,18H2,(H,19,23)(H2,20,21,22,24). The van der Waals surface area contributed by atoms with E-state index in [0.717, 1.165) is 0 Å². The van der Waals surface area contributed by atoms with Gasteiger partial charge in [-0.25, -0.2) is 4.79 Å². The van der Waals surface area contributed by atoms with E-state index in [2.05, 4.69) is 10.3 Å². The Labute approximate surface area is 132 Å². The first kappa shape index (κ1) is 17.3. The maximum absolute atomic E-state index is 12.2. The summed E-state index contributed by atoms with van der Waals surface area (Å²) < 4.78 is 36.5. The number of carbonyl (C=O) groups is 1.